The Hall–Kier alpha value is -1.91. The summed E-state index contributed by atoms with van der Waals surface area (Å²) in [6, 6.07) is 7.60. The third-order valence-corrected chi connectivity index (χ3v) is 2.52. The maximum atomic E-state index is 8.38. The van der Waals surface area contributed by atoms with Crippen molar-refractivity contribution in [1.29, 1.82) is 0 Å². The first-order valence-electron chi connectivity index (χ1n) is 6.58. The van der Waals surface area contributed by atoms with Crippen LogP contribution in [0.5, 0.6) is 11.5 Å². The van der Waals surface area contributed by atoms with Gasteiger partial charge in [-0.05, 0) is 43.5 Å². The molecule has 106 valence electrons. The van der Waals surface area contributed by atoms with Gasteiger partial charge in [0.25, 0.3) is 0 Å². The molecule has 0 aliphatic carbocycles. The van der Waals surface area contributed by atoms with E-state index < -0.39 is 0 Å². The second-order valence-corrected chi connectivity index (χ2v) is 4.22. The van der Waals surface area contributed by atoms with Crippen molar-refractivity contribution < 1.29 is 14.7 Å². The molecule has 0 heterocycles. The number of nitrogens with two attached hydrogens (primary N) is 1. The fraction of sp³-hybridized carbons (Fsp3) is 0.500. The van der Waals surface area contributed by atoms with Gasteiger partial charge in [-0.2, -0.15) is 0 Å². The van der Waals surface area contributed by atoms with Gasteiger partial charge in [0.05, 0.1) is 13.2 Å². The molecule has 0 aliphatic rings. The predicted octanol–water partition coefficient (Wildman–Crippen LogP) is 2.77. The van der Waals surface area contributed by atoms with Gasteiger partial charge >= 0.3 is 0 Å². The fourth-order valence-corrected chi connectivity index (χ4v) is 1.50. The summed E-state index contributed by atoms with van der Waals surface area (Å²) < 4.78 is 11.1. The third kappa shape index (κ3) is 6.55. The van der Waals surface area contributed by atoms with Crippen molar-refractivity contribution in [3.8, 4) is 11.5 Å². The van der Waals surface area contributed by atoms with E-state index in [2.05, 4.69) is 12.1 Å². The van der Waals surface area contributed by atoms with Crippen molar-refractivity contribution in [1.82, 2.24) is 0 Å². The van der Waals surface area contributed by atoms with E-state index in [1.165, 1.54) is 0 Å². The normalized spacial score (nSPS) is 11.3. The molecule has 0 radical (unpaired) electrons. The summed E-state index contributed by atoms with van der Waals surface area (Å²) in [6.07, 6.45) is 3.29. The van der Waals surface area contributed by atoms with Gasteiger partial charge in [-0.25, -0.2) is 0 Å². The van der Waals surface area contributed by atoms with Crippen LogP contribution in [0.1, 0.15) is 32.6 Å². The van der Waals surface area contributed by atoms with Gasteiger partial charge in [-0.1, -0.05) is 12.1 Å². The lowest BCUT2D eigenvalue weighted by molar-refractivity contribution is 0.301. The fourth-order valence-electron chi connectivity index (χ4n) is 1.50. The van der Waals surface area contributed by atoms with E-state index in [0.717, 1.165) is 37.4 Å². The number of rotatable bonds is 9. The number of hydrogen-bond acceptors (Lipinski definition) is 4. The van der Waals surface area contributed by atoms with E-state index in [1.54, 1.807) is 0 Å². The first-order valence-corrected chi connectivity index (χ1v) is 6.58. The van der Waals surface area contributed by atoms with Gasteiger partial charge in [0.1, 0.15) is 17.3 Å². The lowest BCUT2D eigenvalue weighted by atomic mass is 10.2. The number of amidine groups is 1. The standard InChI is InChI=1S/C14H22N2O3/c1-2-10-18-12-6-8-13(9-7-12)19-11-4-3-5-14(15)16-17/h6-9,17H,2-5,10-11H2,1H3,(H2,15,16). The van der Waals surface area contributed by atoms with E-state index in [0.29, 0.717) is 13.0 Å². The zero-order chi connectivity index (χ0) is 13.9. The maximum Gasteiger partial charge on any atom is 0.139 e. The SMILES string of the molecule is CCCOc1ccc(OCCCCC(N)=NO)cc1. The van der Waals surface area contributed by atoms with E-state index in [-0.39, 0.29) is 5.84 Å². The quantitative estimate of drug-likeness (QED) is 0.237. The highest BCUT2D eigenvalue weighted by Crippen LogP contribution is 2.18. The van der Waals surface area contributed by atoms with Crippen LogP contribution in [0.3, 0.4) is 0 Å². The Bertz CT molecular complexity index is 377. The van der Waals surface area contributed by atoms with Crippen LogP contribution in [0.15, 0.2) is 29.4 Å². The average Bonchev–Trinajstić information content (AvgIpc) is 2.45. The molecule has 0 aromatic heterocycles. The summed E-state index contributed by atoms with van der Waals surface area (Å²) in [5.41, 5.74) is 5.37. The lowest BCUT2D eigenvalue weighted by Crippen LogP contribution is -2.11. The van der Waals surface area contributed by atoms with E-state index >= 15 is 0 Å². The number of oxime groups is 1. The monoisotopic (exact) mass is 266 g/mol. The Morgan fingerprint density at radius 3 is 2.21 bits per heavy atom. The van der Waals surface area contributed by atoms with E-state index in [1.807, 2.05) is 24.3 Å². The van der Waals surface area contributed by atoms with Crippen LogP contribution >= 0.6 is 0 Å². The first kappa shape index (κ1) is 15.1. The molecule has 0 bridgehead atoms. The van der Waals surface area contributed by atoms with Crippen LogP contribution in [0.4, 0.5) is 0 Å². The van der Waals surface area contributed by atoms with Crippen LogP contribution in [0.25, 0.3) is 0 Å². The molecular formula is C14H22N2O3. The van der Waals surface area contributed by atoms with Gasteiger partial charge in [-0.15, -0.1) is 0 Å². The molecule has 19 heavy (non-hydrogen) atoms. The Balaban J connectivity index is 2.19. The average molecular weight is 266 g/mol. The molecule has 0 saturated carbocycles. The molecule has 0 atom stereocenters. The van der Waals surface area contributed by atoms with Crippen molar-refractivity contribution in [3.05, 3.63) is 24.3 Å². The van der Waals surface area contributed by atoms with Gasteiger partial charge in [0.2, 0.25) is 0 Å². The van der Waals surface area contributed by atoms with Crippen LogP contribution in [0.2, 0.25) is 0 Å². The topological polar surface area (TPSA) is 77.1 Å². The summed E-state index contributed by atoms with van der Waals surface area (Å²) in [5, 5.41) is 11.3. The minimum atomic E-state index is 0.262. The third-order valence-electron chi connectivity index (χ3n) is 2.52. The minimum absolute atomic E-state index is 0.262. The molecule has 0 amide bonds. The molecule has 0 spiro atoms. The van der Waals surface area contributed by atoms with Gasteiger partial charge < -0.3 is 20.4 Å². The molecule has 1 aromatic rings. The van der Waals surface area contributed by atoms with Crippen molar-refractivity contribution in [2.24, 2.45) is 10.9 Å². The van der Waals surface area contributed by atoms with Crippen LogP contribution < -0.4 is 15.2 Å². The first-order chi connectivity index (χ1) is 9.26. The van der Waals surface area contributed by atoms with Crippen molar-refractivity contribution in [3.63, 3.8) is 0 Å². The van der Waals surface area contributed by atoms with E-state index in [4.69, 9.17) is 20.4 Å². The molecular weight excluding hydrogens is 244 g/mol. The van der Waals surface area contributed by atoms with Crippen LogP contribution in [-0.4, -0.2) is 24.3 Å². The van der Waals surface area contributed by atoms with E-state index in [9.17, 15) is 0 Å². The van der Waals surface area contributed by atoms with Crippen LogP contribution in [0, 0.1) is 0 Å². The highest BCUT2D eigenvalue weighted by molar-refractivity contribution is 5.79. The predicted molar refractivity (Wildman–Crippen MR) is 75.0 cm³/mol. The number of hydrogen-bond donors (Lipinski definition) is 2. The van der Waals surface area contributed by atoms with Crippen molar-refractivity contribution in [2.75, 3.05) is 13.2 Å². The second-order valence-electron chi connectivity index (χ2n) is 4.22. The number of unbranched alkanes of at least 4 members (excludes halogenated alkanes) is 1. The van der Waals surface area contributed by atoms with Gasteiger partial charge in [-0.3, -0.25) is 0 Å². The molecule has 1 aromatic carbocycles. The summed E-state index contributed by atoms with van der Waals surface area (Å²) in [4.78, 5) is 0. The molecule has 5 nitrogen and oxygen atoms in total. The summed E-state index contributed by atoms with van der Waals surface area (Å²) in [7, 11) is 0. The maximum absolute atomic E-state index is 8.38. The largest absolute Gasteiger partial charge is 0.494 e. The van der Waals surface area contributed by atoms with Crippen LogP contribution in [-0.2, 0) is 0 Å². The molecule has 5 heteroatoms. The smallest absolute Gasteiger partial charge is 0.139 e. The van der Waals surface area contributed by atoms with Gasteiger partial charge in [0.15, 0.2) is 0 Å². The molecule has 1 rings (SSSR count). The highest BCUT2D eigenvalue weighted by Gasteiger charge is 1.97. The summed E-state index contributed by atoms with van der Waals surface area (Å²) in [6.45, 7) is 3.42. The minimum Gasteiger partial charge on any atom is -0.494 e. The molecule has 0 fully saturated rings. The molecule has 0 saturated heterocycles. The second kappa shape index (κ2) is 9.08. The Kier molecular flexibility index (Phi) is 7.24. The lowest BCUT2D eigenvalue weighted by Gasteiger charge is -2.08. The summed E-state index contributed by atoms with van der Waals surface area (Å²) in [5.74, 6) is 1.95. The zero-order valence-electron chi connectivity index (χ0n) is 11.3. The zero-order valence-corrected chi connectivity index (χ0v) is 11.3. The molecule has 0 unspecified atom stereocenters. The van der Waals surface area contributed by atoms with Gasteiger partial charge in [0, 0.05) is 6.42 Å². The summed E-state index contributed by atoms with van der Waals surface area (Å²) >= 11 is 0. The number of ether oxygens (including phenoxy) is 2. The Morgan fingerprint density at radius 1 is 1.11 bits per heavy atom. The molecule has 0 aliphatic heterocycles. The highest BCUT2D eigenvalue weighted by atomic mass is 16.5. The Morgan fingerprint density at radius 2 is 1.68 bits per heavy atom. The molecule has 3 N–H and O–H groups in total. The van der Waals surface area contributed by atoms with Crippen molar-refractivity contribution >= 4 is 5.84 Å². The van der Waals surface area contributed by atoms with Crippen molar-refractivity contribution in [2.45, 2.75) is 32.6 Å². The number of nitrogens with zero attached hydrogens (tertiary/aromatic N) is 1. The number of benzene rings is 1. The Labute approximate surface area is 114 Å².